The van der Waals surface area contributed by atoms with E-state index in [2.05, 4.69) is 15.9 Å². The van der Waals surface area contributed by atoms with Crippen LogP contribution in [0.1, 0.15) is 39.9 Å². The van der Waals surface area contributed by atoms with Crippen LogP contribution in [0, 0.1) is 0 Å². The first kappa shape index (κ1) is 34.7. The molecule has 0 saturated heterocycles. The molecule has 0 radical (unpaired) electrons. The smallest absolute Gasteiger partial charge is 0.341 e. The molecule has 2 amide bonds. The lowest BCUT2D eigenvalue weighted by Crippen LogP contribution is -2.48. The molecule has 0 aliphatic carbocycles. The normalized spacial score (nSPS) is 14.5. The minimum atomic E-state index is -5.33. The van der Waals surface area contributed by atoms with Crippen molar-refractivity contribution in [3.8, 4) is 0 Å². The van der Waals surface area contributed by atoms with Crippen LogP contribution < -0.4 is 5.32 Å². The predicted molar refractivity (Wildman–Crippen MR) is 134 cm³/mol. The molecular weight excluding hydrogens is 689 g/mol. The summed E-state index contributed by atoms with van der Waals surface area (Å²) in [5.74, 6) is -7.26. The summed E-state index contributed by atoms with van der Waals surface area (Å²) in [7, 11) is 0.758. The molecule has 17 heteroatoms. The van der Waals surface area contributed by atoms with Crippen molar-refractivity contribution in [1.82, 2.24) is 10.2 Å². The lowest BCUT2D eigenvalue weighted by molar-refractivity contribution is -0.159. The van der Waals surface area contributed by atoms with Crippen molar-refractivity contribution in [2.24, 2.45) is 0 Å². The van der Waals surface area contributed by atoms with Crippen LogP contribution in [-0.2, 0) is 11.0 Å². The standard InChI is InChI=1S/C24H17BrCl2F10N2O2/c1-10(21(41)39(2)9-22(29,30)31)38-20(40)13-4-3-11(5-15(13)24(35,36)37)18(28)8-14(23(32,33)34)12-6-16(26)19(25)17(27)7-12/h3-8,10,14H,9H2,1-2H3,(H,38,40)/b18-8-/t10-,14?/m1/s1. The number of nitrogens with one attached hydrogen (secondary N) is 1. The third kappa shape index (κ3) is 9.23. The minimum Gasteiger partial charge on any atom is -0.341 e. The maximum atomic E-state index is 15.0. The van der Waals surface area contributed by atoms with Crippen LogP contribution in [0.25, 0.3) is 5.83 Å². The van der Waals surface area contributed by atoms with E-state index in [9.17, 15) is 53.5 Å². The number of hydrogen-bond acceptors (Lipinski definition) is 2. The lowest BCUT2D eigenvalue weighted by Gasteiger charge is -2.23. The van der Waals surface area contributed by atoms with Crippen molar-refractivity contribution in [1.29, 1.82) is 0 Å². The Hall–Kier alpha value is -2.52. The Balaban J connectivity index is 2.47. The molecule has 0 saturated carbocycles. The van der Waals surface area contributed by atoms with Crippen molar-refractivity contribution in [3.63, 3.8) is 0 Å². The summed E-state index contributed by atoms with van der Waals surface area (Å²) < 4.78 is 135. The molecule has 0 aliphatic heterocycles. The minimum absolute atomic E-state index is 0.00234. The molecule has 2 rings (SSSR count). The van der Waals surface area contributed by atoms with Gasteiger partial charge in [-0.2, -0.15) is 39.5 Å². The van der Waals surface area contributed by atoms with Crippen LogP contribution in [-0.4, -0.2) is 48.7 Å². The van der Waals surface area contributed by atoms with E-state index >= 15 is 0 Å². The van der Waals surface area contributed by atoms with Gasteiger partial charge >= 0.3 is 18.5 Å². The van der Waals surface area contributed by atoms with Crippen LogP contribution >= 0.6 is 39.1 Å². The van der Waals surface area contributed by atoms with E-state index in [1.54, 1.807) is 0 Å². The van der Waals surface area contributed by atoms with Gasteiger partial charge in [-0.3, -0.25) is 9.59 Å². The Kier molecular flexibility index (Phi) is 10.8. The summed E-state index contributed by atoms with van der Waals surface area (Å²) in [5, 5.41) is 1.33. The summed E-state index contributed by atoms with van der Waals surface area (Å²) >= 11 is 14.6. The zero-order valence-corrected chi connectivity index (χ0v) is 23.6. The molecule has 4 nitrogen and oxygen atoms in total. The Morgan fingerprint density at radius 2 is 1.54 bits per heavy atom. The van der Waals surface area contributed by atoms with Gasteiger partial charge in [0.2, 0.25) is 5.91 Å². The van der Waals surface area contributed by atoms with Crippen molar-refractivity contribution < 1.29 is 53.5 Å². The number of benzene rings is 2. The number of nitrogens with zero attached hydrogens (tertiary/aromatic N) is 1. The van der Waals surface area contributed by atoms with Crippen LogP contribution in [0.5, 0.6) is 0 Å². The summed E-state index contributed by atoms with van der Waals surface area (Å²) in [6.07, 6.45) is -15.2. The van der Waals surface area contributed by atoms with E-state index in [-0.39, 0.29) is 31.6 Å². The van der Waals surface area contributed by atoms with E-state index in [4.69, 9.17) is 23.2 Å². The van der Waals surface area contributed by atoms with Crippen molar-refractivity contribution >= 4 is 56.8 Å². The number of allylic oxidation sites excluding steroid dienone is 1. The predicted octanol–water partition coefficient (Wildman–Crippen LogP) is 8.57. The van der Waals surface area contributed by atoms with Gasteiger partial charge in [0.25, 0.3) is 5.91 Å². The van der Waals surface area contributed by atoms with Gasteiger partial charge in [-0.25, -0.2) is 4.39 Å². The molecule has 0 heterocycles. The molecule has 0 spiro atoms. The van der Waals surface area contributed by atoms with Crippen LogP contribution in [0.15, 0.2) is 40.9 Å². The number of amides is 2. The van der Waals surface area contributed by atoms with E-state index in [1.165, 1.54) is 0 Å². The number of carbonyl (C=O) groups excluding carboxylic acids is 2. The highest BCUT2D eigenvalue weighted by Gasteiger charge is 2.41. The maximum absolute atomic E-state index is 15.0. The van der Waals surface area contributed by atoms with Crippen LogP contribution in [0.2, 0.25) is 10.0 Å². The van der Waals surface area contributed by atoms with Gasteiger partial charge in [0.05, 0.1) is 25.6 Å². The Morgan fingerprint density at radius 1 is 1.00 bits per heavy atom. The van der Waals surface area contributed by atoms with Gasteiger partial charge in [-0.1, -0.05) is 29.3 Å². The molecule has 0 aliphatic rings. The molecule has 1 N–H and O–H groups in total. The van der Waals surface area contributed by atoms with Crippen molar-refractivity contribution in [3.05, 3.63) is 73.2 Å². The second kappa shape index (κ2) is 12.8. The molecule has 2 aromatic carbocycles. The SMILES string of the molecule is C[C@@H](NC(=O)c1ccc(/C(F)=C/C(c2cc(Cl)c(Br)c(Cl)c2)C(F)(F)F)cc1C(F)(F)F)C(=O)N(C)CC(F)(F)F. The molecule has 2 aromatic rings. The van der Waals surface area contributed by atoms with E-state index in [0.717, 1.165) is 26.1 Å². The molecule has 226 valence electrons. The number of halogens is 13. The fourth-order valence-corrected chi connectivity index (χ4v) is 4.25. The van der Waals surface area contributed by atoms with Gasteiger partial charge in [0, 0.05) is 12.6 Å². The third-order valence-electron chi connectivity index (χ3n) is 5.39. The van der Waals surface area contributed by atoms with E-state index in [1.807, 2.05) is 5.32 Å². The highest BCUT2D eigenvalue weighted by Crippen LogP contribution is 2.43. The highest BCUT2D eigenvalue weighted by molar-refractivity contribution is 9.10. The van der Waals surface area contributed by atoms with Crippen molar-refractivity contribution in [2.45, 2.75) is 37.4 Å². The molecular formula is C24H17BrCl2F10N2O2. The fourth-order valence-electron chi connectivity index (χ4n) is 3.52. The Bertz CT molecular complexity index is 1320. The highest BCUT2D eigenvalue weighted by atomic mass is 79.9. The first-order chi connectivity index (χ1) is 18.5. The van der Waals surface area contributed by atoms with Crippen molar-refractivity contribution in [2.75, 3.05) is 13.6 Å². The van der Waals surface area contributed by atoms with Gasteiger partial charge in [-0.05, 0) is 58.8 Å². The number of carbonyl (C=O) groups is 2. The van der Waals surface area contributed by atoms with Gasteiger partial charge in [0.1, 0.15) is 24.3 Å². The molecule has 41 heavy (non-hydrogen) atoms. The average molecular weight is 706 g/mol. The number of rotatable bonds is 7. The molecule has 0 fully saturated rings. The first-order valence-corrected chi connectivity index (χ1v) is 12.5. The first-order valence-electron chi connectivity index (χ1n) is 11.0. The van der Waals surface area contributed by atoms with Crippen LogP contribution in [0.4, 0.5) is 43.9 Å². The summed E-state index contributed by atoms with van der Waals surface area (Å²) in [6, 6.07) is 1.09. The quantitative estimate of drug-likeness (QED) is 0.232. The zero-order chi connectivity index (χ0) is 31.7. The summed E-state index contributed by atoms with van der Waals surface area (Å²) in [6.45, 7) is -0.771. The Morgan fingerprint density at radius 3 is 2.00 bits per heavy atom. The van der Waals surface area contributed by atoms with Gasteiger partial charge in [-0.15, -0.1) is 0 Å². The Labute approximate surface area is 244 Å². The lowest BCUT2D eigenvalue weighted by atomic mass is 9.95. The summed E-state index contributed by atoms with van der Waals surface area (Å²) in [4.78, 5) is 24.8. The second-order valence-corrected chi connectivity index (χ2v) is 10.2. The number of hydrogen-bond donors (Lipinski definition) is 1. The third-order valence-corrected chi connectivity index (χ3v) is 7.29. The van der Waals surface area contributed by atoms with Gasteiger partial charge < -0.3 is 10.2 Å². The molecule has 2 atom stereocenters. The molecule has 0 aromatic heterocycles. The second-order valence-electron chi connectivity index (χ2n) is 8.60. The van der Waals surface area contributed by atoms with E-state index in [0.29, 0.717) is 12.1 Å². The largest absolute Gasteiger partial charge is 0.417 e. The maximum Gasteiger partial charge on any atom is 0.417 e. The van der Waals surface area contributed by atoms with E-state index < -0.39 is 76.9 Å². The monoisotopic (exact) mass is 704 g/mol. The van der Waals surface area contributed by atoms with Crippen LogP contribution in [0.3, 0.4) is 0 Å². The zero-order valence-electron chi connectivity index (χ0n) is 20.5. The fraction of sp³-hybridized carbons (Fsp3) is 0.333. The number of alkyl halides is 9. The molecule has 0 bridgehead atoms. The number of likely N-dealkylation sites (N-methyl/N-ethyl adjacent to an activating group) is 1. The molecule has 1 unspecified atom stereocenters. The summed E-state index contributed by atoms with van der Waals surface area (Å²) in [5.41, 5.74) is -4.54. The topological polar surface area (TPSA) is 49.4 Å². The average Bonchev–Trinajstić information content (AvgIpc) is 2.82. The van der Waals surface area contributed by atoms with Gasteiger partial charge in [0.15, 0.2) is 0 Å².